The topological polar surface area (TPSA) is 47.3 Å². The summed E-state index contributed by atoms with van der Waals surface area (Å²) in [6.45, 7) is 2.45. The minimum absolute atomic E-state index is 0.174. The summed E-state index contributed by atoms with van der Waals surface area (Å²) in [5.41, 5.74) is 5.88. The van der Waals surface area contributed by atoms with E-state index in [4.69, 9.17) is 10.5 Å². The van der Waals surface area contributed by atoms with E-state index in [2.05, 4.69) is 33.4 Å². The number of hydrogen-bond acceptors (Lipinski definition) is 4. The summed E-state index contributed by atoms with van der Waals surface area (Å²) in [6, 6.07) is 4.35. The Balaban J connectivity index is 2.10. The van der Waals surface area contributed by atoms with E-state index < -0.39 is 0 Å². The van der Waals surface area contributed by atoms with E-state index in [0.29, 0.717) is 0 Å². The highest BCUT2D eigenvalue weighted by atomic mass is 79.9. The molecule has 0 aliphatic rings. The van der Waals surface area contributed by atoms with Gasteiger partial charge in [0.2, 0.25) is 0 Å². The Labute approximate surface area is 103 Å². The van der Waals surface area contributed by atoms with Crippen LogP contribution in [0, 0.1) is 0 Å². The molecule has 15 heavy (non-hydrogen) atoms. The van der Waals surface area contributed by atoms with Crippen LogP contribution in [0.4, 0.5) is 0 Å². The van der Waals surface area contributed by atoms with Gasteiger partial charge in [-0.2, -0.15) is 0 Å². The highest BCUT2D eigenvalue weighted by Crippen LogP contribution is 2.21. The van der Waals surface area contributed by atoms with Crippen LogP contribution in [-0.4, -0.2) is 26.3 Å². The van der Waals surface area contributed by atoms with Crippen LogP contribution < -0.4 is 11.1 Å². The van der Waals surface area contributed by atoms with Gasteiger partial charge >= 0.3 is 0 Å². The maximum absolute atomic E-state index is 5.88. The third-order valence-corrected chi connectivity index (χ3v) is 3.65. The van der Waals surface area contributed by atoms with Crippen molar-refractivity contribution in [2.75, 3.05) is 20.3 Å². The van der Waals surface area contributed by atoms with Gasteiger partial charge in [0.05, 0.1) is 3.79 Å². The van der Waals surface area contributed by atoms with Crippen molar-refractivity contribution in [3.05, 3.63) is 20.8 Å². The minimum atomic E-state index is 0.174. The molecule has 86 valence electrons. The van der Waals surface area contributed by atoms with Crippen molar-refractivity contribution in [1.82, 2.24) is 5.32 Å². The standard InChI is InChI=1S/C10H17BrN2OS/c1-14-5-4-8(12)6-13-7-9-2-3-10(11)15-9/h2-3,8,13H,4-7,12H2,1H3. The van der Waals surface area contributed by atoms with Crippen LogP contribution in [0.25, 0.3) is 0 Å². The first-order valence-corrected chi connectivity index (χ1v) is 6.52. The second-order valence-electron chi connectivity index (χ2n) is 3.38. The lowest BCUT2D eigenvalue weighted by atomic mass is 10.2. The number of nitrogens with two attached hydrogens (primary N) is 1. The molecule has 0 radical (unpaired) electrons. The quantitative estimate of drug-likeness (QED) is 0.808. The summed E-state index contributed by atoms with van der Waals surface area (Å²) in [5.74, 6) is 0. The SMILES string of the molecule is COCCC(N)CNCc1ccc(Br)s1. The molecule has 1 aromatic rings. The smallest absolute Gasteiger partial charge is 0.0701 e. The first kappa shape index (κ1) is 13.1. The van der Waals surface area contributed by atoms with Crippen molar-refractivity contribution in [1.29, 1.82) is 0 Å². The highest BCUT2D eigenvalue weighted by Gasteiger charge is 2.02. The Morgan fingerprint density at radius 3 is 3.00 bits per heavy atom. The lowest BCUT2D eigenvalue weighted by molar-refractivity contribution is 0.187. The van der Waals surface area contributed by atoms with Crippen molar-refractivity contribution in [3.63, 3.8) is 0 Å². The number of halogens is 1. The Morgan fingerprint density at radius 2 is 2.40 bits per heavy atom. The van der Waals surface area contributed by atoms with E-state index in [1.54, 1.807) is 18.4 Å². The average Bonchev–Trinajstić information content (AvgIpc) is 2.61. The summed E-state index contributed by atoms with van der Waals surface area (Å²) >= 11 is 5.18. The number of nitrogens with one attached hydrogen (secondary N) is 1. The first-order chi connectivity index (χ1) is 7.22. The van der Waals surface area contributed by atoms with Crippen LogP contribution in [0.5, 0.6) is 0 Å². The third-order valence-electron chi connectivity index (χ3n) is 2.03. The van der Waals surface area contributed by atoms with Gasteiger partial charge in [0, 0.05) is 37.7 Å². The van der Waals surface area contributed by atoms with Crippen molar-refractivity contribution in [2.45, 2.75) is 19.0 Å². The van der Waals surface area contributed by atoms with Crippen molar-refractivity contribution < 1.29 is 4.74 Å². The number of methoxy groups -OCH3 is 1. The zero-order valence-corrected chi connectivity index (χ0v) is 11.2. The largest absolute Gasteiger partial charge is 0.385 e. The molecule has 0 fully saturated rings. The number of thiophene rings is 1. The van der Waals surface area contributed by atoms with Crippen LogP contribution in [0.15, 0.2) is 15.9 Å². The molecule has 0 saturated carbocycles. The highest BCUT2D eigenvalue weighted by molar-refractivity contribution is 9.11. The fraction of sp³-hybridized carbons (Fsp3) is 0.600. The van der Waals surface area contributed by atoms with Gasteiger partial charge in [-0.15, -0.1) is 11.3 Å². The summed E-state index contributed by atoms with van der Waals surface area (Å²) in [4.78, 5) is 1.32. The van der Waals surface area contributed by atoms with E-state index in [-0.39, 0.29) is 6.04 Å². The predicted molar refractivity (Wildman–Crippen MR) is 68.2 cm³/mol. The Hall–Kier alpha value is 0.0600. The summed E-state index contributed by atoms with van der Waals surface area (Å²) in [6.07, 6.45) is 0.900. The fourth-order valence-electron chi connectivity index (χ4n) is 1.20. The molecule has 1 unspecified atom stereocenters. The molecular formula is C10H17BrN2OS. The van der Waals surface area contributed by atoms with Gasteiger partial charge in [0.1, 0.15) is 0 Å². The molecule has 1 heterocycles. The summed E-state index contributed by atoms with van der Waals surface area (Å²) in [7, 11) is 1.70. The molecule has 0 spiro atoms. The Morgan fingerprint density at radius 1 is 1.60 bits per heavy atom. The molecule has 1 atom stereocenters. The lowest BCUT2D eigenvalue weighted by Gasteiger charge is -2.11. The molecule has 0 bridgehead atoms. The van der Waals surface area contributed by atoms with Crippen LogP contribution >= 0.6 is 27.3 Å². The maximum Gasteiger partial charge on any atom is 0.0701 e. The summed E-state index contributed by atoms with van der Waals surface area (Å²) < 4.78 is 6.14. The van der Waals surface area contributed by atoms with Gasteiger partial charge in [0.25, 0.3) is 0 Å². The van der Waals surface area contributed by atoms with Gasteiger partial charge < -0.3 is 15.8 Å². The fourth-order valence-corrected chi connectivity index (χ4v) is 2.65. The van der Waals surface area contributed by atoms with Crippen LogP contribution in [0.3, 0.4) is 0 Å². The molecule has 0 amide bonds. The molecule has 0 aliphatic carbocycles. The molecule has 0 aliphatic heterocycles. The summed E-state index contributed by atoms with van der Waals surface area (Å²) in [5, 5.41) is 3.33. The molecular weight excluding hydrogens is 276 g/mol. The average molecular weight is 293 g/mol. The predicted octanol–water partition coefficient (Wildman–Crippen LogP) is 1.96. The van der Waals surface area contributed by atoms with E-state index in [1.807, 2.05) is 0 Å². The Kier molecular flexibility index (Phi) is 6.43. The second-order valence-corrected chi connectivity index (χ2v) is 5.93. The van der Waals surface area contributed by atoms with E-state index in [1.165, 1.54) is 8.66 Å². The number of hydrogen-bond donors (Lipinski definition) is 2. The van der Waals surface area contributed by atoms with Gasteiger partial charge in [-0.25, -0.2) is 0 Å². The zero-order chi connectivity index (χ0) is 11.1. The molecule has 3 nitrogen and oxygen atoms in total. The van der Waals surface area contributed by atoms with Crippen LogP contribution in [-0.2, 0) is 11.3 Å². The number of ether oxygens (including phenoxy) is 1. The zero-order valence-electron chi connectivity index (χ0n) is 8.83. The molecule has 0 saturated heterocycles. The van der Waals surface area contributed by atoms with Crippen LogP contribution in [0.1, 0.15) is 11.3 Å². The second kappa shape index (κ2) is 7.35. The van der Waals surface area contributed by atoms with E-state index >= 15 is 0 Å². The van der Waals surface area contributed by atoms with Crippen molar-refractivity contribution in [3.8, 4) is 0 Å². The lowest BCUT2D eigenvalue weighted by Crippen LogP contribution is -2.34. The van der Waals surface area contributed by atoms with Crippen molar-refractivity contribution in [2.24, 2.45) is 5.73 Å². The Bertz CT molecular complexity index is 280. The van der Waals surface area contributed by atoms with Gasteiger partial charge in [-0.3, -0.25) is 0 Å². The maximum atomic E-state index is 5.88. The van der Waals surface area contributed by atoms with E-state index in [9.17, 15) is 0 Å². The van der Waals surface area contributed by atoms with E-state index in [0.717, 1.165) is 26.1 Å². The molecule has 0 aromatic carbocycles. The monoisotopic (exact) mass is 292 g/mol. The molecule has 5 heteroatoms. The minimum Gasteiger partial charge on any atom is -0.385 e. The molecule has 1 rings (SSSR count). The van der Waals surface area contributed by atoms with Crippen molar-refractivity contribution >= 4 is 27.3 Å². The van der Waals surface area contributed by atoms with Gasteiger partial charge in [-0.05, 0) is 34.5 Å². The number of rotatable bonds is 7. The molecule has 3 N–H and O–H groups in total. The normalized spacial score (nSPS) is 13.0. The molecule has 1 aromatic heterocycles. The first-order valence-electron chi connectivity index (χ1n) is 4.92. The van der Waals surface area contributed by atoms with Gasteiger partial charge in [0.15, 0.2) is 0 Å². The third kappa shape index (κ3) is 5.63. The van der Waals surface area contributed by atoms with Crippen LogP contribution in [0.2, 0.25) is 0 Å². The van der Waals surface area contributed by atoms with Gasteiger partial charge in [-0.1, -0.05) is 0 Å².